The molecule has 2 aliphatic rings. The molecule has 1 N–H and O–H groups in total. The summed E-state index contributed by atoms with van der Waals surface area (Å²) in [6.45, 7) is 9.29. The second-order valence-corrected chi connectivity index (χ2v) is 6.86. The Hall–Kier alpha value is -0.0400. The number of hydrogen-bond acceptors (Lipinski definition) is 1. The van der Waals surface area contributed by atoms with Gasteiger partial charge in [-0.05, 0) is 61.7 Å². The van der Waals surface area contributed by atoms with E-state index in [2.05, 4.69) is 27.7 Å². The fraction of sp³-hybridized carbons (Fsp3) is 1.00. The Labute approximate surface area is 101 Å². The van der Waals surface area contributed by atoms with Gasteiger partial charge in [-0.15, -0.1) is 0 Å². The van der Waals surface area contributed by atoms with Gasteiger partial charge < -0.3 is 5.11 Å². The number of aliphatic hydroxyl groups is 1. The molecule has 2 saturated carbocycles. The average Bonchev–Trinajstić information content (AvgIpc) is 2.21. The van der Waals surface area contributed by atoms with Crippen molar-refractivity contribution in [3.8, 4) is 0 Å². The molecule has 1 nitrogen and oxygen atoms in total. The molecule has 2 aliphatic carbocycles. The lowest BCUT2D eigenvalue weighted by atomic mass is 9.55. The summed E-state index contributed by atoms with van der Waals surface area (Å²) in [7, 11) is 0. The van der Waals surface area contributed by atoms with E-state index >= 15 is 0 Å². The molecule has 0 heterocycles. The first kappa shape index (κ1) is 12.4. The zero-order valence-corrected chi connectivity index (χ0v) is 11.4. The lowest BCUT2D eigenvalue weighted by Crippen LogP contribution is -2.54. The van der Waals surface area contributed by atoms with Crippen LogP contribution in [0.2, 0.25) is 0 Å². The highest BCUT2D eigenvalue weighted by Gasteiger charge is 2.51. The highest BCUT2D eigenvalue weighted by Crippen LogP contribution is 2.52. The molecule has 2 rings (SSSR count). The molecule has 16 heavy (non-hydrogen) atoms. The van der Waals surface area contributed by atoms with Crippen molar-refractivity contribution in [2.45, 2.75) is 65.4 Å². The molecule has 0 radical (unpaired) electrons. The van der Waals surface area contributed by atoms with Crippen LogP contribution in [-0.4, -0.2) is 10.7 Å². The van der Waals surface area contributed by atoms with E-state index in [-0.39, 0.29) is 5.60 Å². The Morgan fingerprint density at radius 3 is 2.44 bits per heavy atom. The van der Waals surface area contributed by atoms with Gasteiger partial charge in [-0.25, -0.2) is 0 Å². The molecule has 2 fully saturated rings. The molecule has 0 amide bonds. The first-order valence-corrected chi connectivity index (χ1v) is 7.17. The summed E-state index contributed by atoms with van der Waals surface area (Å²) in [4.78, 5) is 0. The number of rotatable bonds is 1. The number of fused-ring (bicyclic) bond motifs is 1. The second-order valence-electron chi connectivity index (χ2n) is 6.86. The third-order valence-electron chi connectivity index (χ3n) is 5.50. The van der Waals surface area contributed by atoms with Gasteiger partial charge in [0.25, 0.3) is 0 Å². The average molecular weight is 224 g/mol. The van der Waals surface area contributed by atoms with Crippen LogP contribution in [0.5, 0.6) is 0 Å². The fourth-order valence-corrected chi connectivity index (χ4v) is 4.27. The topological polar surface area (TPSA) is 20.2 Å². The monoisotopic (exact) mass is 224 g/mol. The van der Waals surface area contributed by atoms with Gasteiger partial charge in [-0.3, -0.25) is 0 Å². The molecule has 0 aromatic carbocycles. The van der Waals surface area contributed by atoms with Crippen molar-refractivity contribution in [2.24, 2.45) is 29.6 Å². The van der Waals surface area contributed by atoms with E-state index in [0.717, 1.165) is 24.2 Å². The summed E-state index contributed by atoms with van der Waals surface area (Å²) in [5, 5.41) is 11.0. The van der Waals surface area contributed by atoms with Gasteiger partial charge in [-0.2, -0.15) is 0 Å². The maximum Gasteiger partial charge on any atom is 0.0704 e. The van der Waals surface area contributed by atoms with Crippen molar-refractivity contribution < 1.29 is 5.11 Å². The van der Waals surface area contributed by atoms with Crippen molar-refractivity contribution in [1.82, 2.24) is 0 Å². The highest BCUT2D eigenvalue weighted by molar-refractivity contribution is 5.01. The van der Waals surface area contributed by atoms with E-state index in [1.165, 1.54) is 25.7 Å². The van der Waals surface area contributed by atoms with Gasteiger partial charge in [0.05, 0.1) is 5.60 Å². The molecule has 5 unspecified atom stereocenters. The lowest BCUT2D eigenvalue weighted by molar-refractivity contribution is -0.150. The minimum absolute atomic E-state index is 0.334. The Kier molecular flexibility index (Phi) is 3.36. The van der Waals surface area contributed by atoms with Crippen molar-refractivity contribution in [1.29, 1.82) is 0 Å². The van der Waals surface area contributed by atoms with Gasteiger partial charge in [0.2, 0.25) is 0 Å². The van der Waals surface area contributed by atoms with Gasteiger partial charge in [0, 0.05) is 0 Å². The molecule has 0 saturated heterocycles. The third kappa shape index (κ3) is 1.92. The van der Waals surface area contributed by atoms with E-state index in [1.54, 1.807) is 0 Å². The SMILES string of the molecule is CC1CCC2(O)C(C)CCC(C(C)C)C2C1. The van der Waals surface area contributed by atoms with E-state index in [1.807, 2.05) is 0 Å². The minimum atomic E-state index is -0.334. The maximum absolute atomic E-state index is 11.0. The Morgan fingerprint density at radius 2 is 1.81 bits per heavy atom. The van der Waals surface area contributed by atoms with Crippen molar-refractivity contribution in [3.63, 3.8) is 0 Å². The van der Waals surface area contributed by atoms with Crippen LogP contribution in [-0.2, 0) is 0 Å². The summed E-state index contributed by atoms with van der Waals surface area (Å²) in [5.41, 5.74) is -0.334. The first-order chi connectivity index (χ1) is 7.45. The molecule has 0 spiro atoms. The second kappa shape index (κ2) is 4.33. The van der Waals surface area contributed by atoms with Gasteiger partial charge in [-0.1, -0.05) is 27.7 Å². The van der Waals surface area contributed by atoms with Crippen LogP contribution in [0.4, 0.5) is 0 Å². The Morgan fingerprint density at radius 1 is 1.12 bits per heavy atom. The van der Waals surface area contributed by atoms with E-state index in [9.17, 15) is 5.11 Å². The van der Waals surface area contributed by atoms with Crippen LogP contribution in [0.3, 0.4) is 0 Å². The molecule has 0 aliphatic heterocycles. The van der Waals surface area contributed by atoms with Crippen LogP contribution >= 0.6 is 0 Å². The summed E-state index contributed by atoms with van der Waals surface area (Å²) in [6, 6.07) is 0. The van der Waals surface area contributed by atoms with Crippen LogP contribution in [0.1, 0.15) is 59.8 Å². The minimum Gasteiger partial charge on any atom is -0.389 e. The van der Waals surface area contributed by atoms with E-state index in [0.29, 0.717) is 11.8 Å². The molecular weight excluding hydrogens is 196 g/mol. The summed E-state index contributed by atoms with van der Waals surface area (Å²) >= 11 is 0. The molecule has 0 bridgehead atoms. The maximum atomic E-state index is 11.0. The van der Waals surface area contributed by atoms with Crippen molar-refractivity contribution >= 4 is 0 Å². The number of hydrogen-bond donors (Lipinski definition) is 1. The van der Waals surface area contributed by atoms with Crippen molar-refractivity contribution in [2.75, 3.05) is 0 Å². The van der Waals surface area contributed by atoms with Gasteiger partial charge >= 0.3 is 0 Å². The molecule has 0 aromatic heterocycles. The summed E-state index contributed by atoms with van der Waals surface area (Å²) in [6.07, 6.45) is 6.08. The first-order valence-electron chi connectivity index (χ1n) is 7.17. The lowest BCUT2D eigenvalue weighted by Gasteiger charge is -2.54. The largest absolute Gasteiger partial charge is 0.389 e. The quantitative estimate of drug-likeness (QED) is 0.717. The Bertz CT molecular complexity index is 248. The van der Waals surface area contributed by atoms with Crippen LogP contribution in [0.15, 0.2) is 0 Å². The zero-order valence-electron chi connectivity index (χ0n) is 11.4. The molecule has 1 heteroatoms. The summed E-state index contributed by atoms with van der Waals surface area (Å²) in [5.74, 6) is 3.38. The normalized spacial score (nSPS) is 49.1. The third-order valence-corrected chi connectivity index (χ3v) is 5.50. The standard InChI is InChI=1S/C15H28O/c1-10(2)13-6-5-12(4)15(16)8-7-11(3)9-14(13)15/h10-14,16H,5-9H2,1-4H3. The molecule has 5 atom stereocenters. The van der Waals surface area contributed by atoms with Gasteiger partial charge in [0.1, 0.15) is 0 Å². The van der Waals surface area contributed by atoms with Crippen LogP contribution < -0.4 is 0 Å². The predicted octanol–water partition coefficient (Wildman–Crippen LogP) is 3.86. The zero-order chi connectivity index (χ0) is 11.9. The highest BCUT2D eigenvalue weighted by atomic mass is 16.3. The molecule has 94 valence electrons. The smallest absolute Gasteiger partial charge is 0.0704 e. The predicted molar refractivity (Wildman–Crippen MR) is 68.2 cm³/mol. The van der Waals surface area contributed by atoms with Crippen LogP contribution in [0, 0.1) is 29.6 Å². The fourth-order valence-electron chi connectivity index (χ4n) is 4.27. The van der Waals surface area contributed by atoms with Crippen LogP contribution in [0.25, 0.3) is 0 Å². The summed E-state index contributed by atoms with van der Waals surface area (Å²) < 4.78 is 0. The van der Waals surface area contributed by atoms with E-state index < -0.39 is 0 Å². The molecular formula is C15H28O. The molecule has 0 aromatic rings. The van der Waals surface area contributed by atoms with Gasteiger partial charge in [0.15, 0.2) is 0 Å². The Balaban J connectivity index is 2.22. The van der Waals surface area contributed by atoms with E-state index in [4.69, 9.17) is 0 Å². The van der Waals surface area contributed by atoms with Crippen molar-refractivity contribution in [3.05, 3.63) is 0 Å².